The van der Waals surface area contributed by atoms with E-state index < -0.39 is 11.7 Å². The Morgan fingerprint density at radius 3 is 2.53 bits per heavy atom. The molecule has 9 nitrogen and oxygen atoms in total. The van der Waals surface area contributed by atoms with Crippen LogP contribution in [0.2, 0.25) is 5.02 Å². The number of aryl methyl sites for hydroxylation is 1. The first-order chi connectivity index (χ1) is 22.5. The van der Waals surface area contributed by atoms with Gasteiger partial charge in [-0.05, 0) is 56.6 Å². The maximum absolute atomic E-state index is 14.4. The van der Waals surface area contributed by atoms with Crippen LogP contribution in [-0.2, 0) is 11.0 Å². The lowest BCUT2D eigenvalue weighted by atomic mass is 9.98. The fraction of sp³-hybridized carbons (Fsp3) is 0.412. The Balaban J connectivity index is 1.45. The monoisotopic (exact) mass is 667 g/mol. The average molecular weight is 668 g/mol. The van der Waals surface area contributed by atoms with Crippen LogP contribution in [0.4, 0.5) is 30.5 Å². The van der Waals surface area contributed by atoms with Crippen molar-refractivity contribution in [2.75, 3.05) is 56.5 Å². The lowest BCUT2D eigenvalue weighted by molar-refractivity contribution is -0.137. The molecule has 2 aliphatic rings. The normalized spacial score (nSPS) is 17.7. The first-order valence-corrected chi connectivity index (χ1v) is 16.2. The summed E-state index contributed by atoms with van der Waals surface area (Å²) in [5.41, 5.74) is 1.22. The molecule has 2 aliphatic heterocycles. The number of carbonyl (C=O) groups excluding carboxylic acids is 1. The highest BCUT2D eigenvalue weighted by molar-refractivity contribution is 6.33. The van der Waals surface area contributed by atoms with Gasteiger partial charge in [0.15, 0.2) is 0 Å². The van der Waals surface area contributed by atoms with Gasteiger partial charge in [-0.15, -0.1) is 0 Å². The van der Waals surface area contributed by atoms with Crippen LogP contribution in [0.15, 0.2) is 53.5 Å². The van der Waals surface area contributed by atoms with Crippen LogP contribution >= 0.6 is 11.6 Å². The number of hydrogen-bond donors (Lipinski definition) is 1. The van der Waals surface area contributed by atoms with Crippen LogP contribution in [0.5, 0.6) is 0 Å². The summed E-state index contributed by atoms with van der Waals surface area (Å²) in [6.45, 7) is 6.89. The number of hydrogen-bond acceptors (Lipinski definition) is 7. The summed E-state index contributed by atoms with van der Waals surface area (Å²) in [5.74, 6) is 0.0521. The molecule has 0 aliphatic carbocycles. The third-order valence-corrected chi connectivity index (χ3v) is 9.50. The molecular weight excluding hydrogens is 631 g/mol. The van der Waals surface area contributed by atoms with E-state index in [0.717, 1.165) is 6.07 Å². The predicted octanol–water partition coefficient (Wildman–Crippen LogP) is 6.51. The fourth-order valence-corrected chi connectivity index (χ4v) is 6.85. The van der Waals surface area contributed by atoms with Crippen molar-refractivity contribution in [2.24, 2.45) is 0 Å². The molecule has 2 saturated heterocycles. The van der Waals surface area contributed by atoms with Crippen molar-refractivity contribution >= 4 is 45.9 Å². The summed E-state index contributed by atoms with van der Waals surface area (Å²) >= 11 is 6.58. The number of likely N-dealkylation sites (N-methyl/N-ethyl adjacent to an activating group) is 1. The number of halogens is 4. The fourth-order valence-electron chi connectivity index (χ4n) is 6.62. The van der Waals surface area contributed by atoms with Crippen LogP contribution in [0, 0.1) is 6.92 Å². The van der Waals surface area contributed by atoms with E-state index in [1.807, 2.05) is 27.0 Å². The number of anilines is 3. The van der Waals surface area contributed by atoms with E-state index in [4.69, 9.17) is 16.6 Å². The number of fused-ring (bicyclic) bond motifs is 1. The predicted molar refractivity (Wildman–Crippen MR) is 179 cm³/mol. The topological polar surface area (TPSA) is 86.6 Å². The van der Waals surface area contributed by atoms with Crippen molar-refractivity contribution in [3.63, 3.8) is 0 Å². The van der Waals surface area contributed by atoms with Gasteiger partial charge in [0.05, 0.1) is 17.2 Å². The molecule has 0 radical (unpaired) electrons. The van der Waals surface area contributed by atoms with E-state index in [2.05, 4.69) is 15.2 Å². The molecule has 0 spiro atoms. The molecule has 0 bridgehead atoms. The number of nitrogens with zero attached hydrogens (tertiary/aromatic N) is 6. The molecule has 1 N–H and O–H groups in total. The Bertz CT molecular complexity index is 1870. The minimum absolute atomic E-state index is 0.00274. The van der Waals surface area contributed by atoms with E-state index in [0.29, 0.717) is 91.3 Å². The molecular formula is C34H37ClF3N7O2. The standard InChI is InChI=1S/C34H37ClF3N7O2/c1-4-29(46)44-13-7-8-23(20-44)45-31-25(21(2)30(32(45)47)24-9-5-6-10-27(24)35)19-39-33(41-31)40-22-11-12-28(26(18-22)34(36,37)38)43-16-14-42(3)15-17-43/h5-6,9-12,18-19,23H,4,7-8,13-17,20H2,1-3H3,(H,39,40,41)/t23-/m0/s1. The highest BCUT2D eigenvalue weighted by Gasteiger charge is 2.36. The van der Waals surface area contributed by atoms with Crippen LogP contribution in [-0.4, -0.2) is 76.6 Å². The number of alkyl halides is 3. The summed E-state index contributed by atoms with van der Waals surface area (Å²) < 4.78 is 44.5. The van der Waals surface area contributed by atoms with Crippen molar-refractivity contribution in [1.82, 2.24) is 24.3 Å². The van der Waals surface area contributed by atoms with Crippen molar-refractivity contribution in [3.8, 4) is 11.1 Å². The summed E-state index contributed by atoms with van der Waals surface area (Å²) in [6.07, 6.45) is -1.29. The summed E-state index contributed by atoms with van der Waals surface area (Å²) in [4.78, 5) is 41.9. The van der Waals surface area contributed by atoms with Crippen molar-refractivity contribution in [2.45, 2.75) is 45.3 Å². The Labute approximate surface area is 276 Å². The van der Waals surface area contributed by atoms with E-state index in [1.165, 1.54) is 6.07 Å². The van der Waals surface area contributed by atoms with E-state index >= 15 is 0 Å². The van der Waals surface area contributed by atoms with Gasteiger partial charge in [-0.25, -0.2) is 4.98 Å². The number of benzene rings is 2. The molecule has 47 heavy (non-hydrogen) atoms. The zero-order valence-corrected chi connectivity index (χ0v) is 27.3. The number of amides is 1. The van der Waals surface area contributed by atoms with Gasteiger partial charge in [0.2, 0.25) is 11.9 Å². The van der Waals surface area contributed by atoms with E-state index in [-0.39, 0.29) is 34.8 Å². The van der Waals surface area contributed by atoms with Gasteiger partial charge < -0.3 is 20.0 Å². The van der Waals surface area contributed by atoms with Crippen molar-refractivity contribution in [1.29, 1.82) is 0 Å². The number of aromatic nitrogens is 3. The number of pyridine rings is 1. The number of nitrogens with one attached hydrogen (secondary N) is 1. The number of likely N-dealkylation sites (tertiary alicyclic amines) is 1. The van der Waals surface area contributed by atoms with Gasteiger partial charge in [0.25, 0.3) is 5.56 Å². The molecule has 2 aromatic carbocycles. The molecule has 13 heteroatoms. The van der Waals surface area contributed by atoms with Gasteiger partial charge in [0, 0.05) is 79.2 Å². The van der Waals surface area contributed by atoms with Crippen molar-refractivity contribution in [3.05, 3.63) is 75.2 Å². The summed E-state index contributed by atoms with van der Waals surface area (Å²) in [6, 6.07) is 10.9. The Hall–Kier alpha value is -4.16. The zero-order valence-electron chi connectivity index (χ0n) is 26.6. The maximum Gasteiger partial charge on any atom is 0.418 e. The molecule has 1 atom stereocenters. The smallest absolute Gasteiger partial charge is 0.368 e. The quantitative estimate of drug-likeness (QED) is 0.251. The molecule has 1 amide bonds. The molecule has 4 aromatic rings. The van der Waals surface area contributed by atoms with Crippen LogP contribution in [0.3, 0.4) is 0 Å². The zero-order chi connectivity index (χ0) is 33.5. The molecule has 0 unspecified atom stereocenters. The van der Waals surface area contributed by atoms with Gasteiger partial charge in [-0.3, -0.25) is 14.2 Å². The second-order valence-electron chi connectivity index (χ2n) is 12.2. The van der Waals surface area contributed by atoms with Gasteiger partial charge >= 0.3 is 6.18 Å². The van der Waals surface area contributed by atoms with Crippen molar-refractivity contribution < 1.29 is 18.0 Å². The Morgan fingerprint density at radius 1 is 1.09 bits per heavy atom. The molecule has 0 saturated carbocycles. The van der Waals surface area contributed by atoms with Gasteiger partial charge in [0.1, 0.15) is 5.65 Å². The minimum atomic E-state index is -4.57. The average Bonchev–Trinajstić information content (AvgIpc) is 3.05. The molecule has 248 valence electrons. The van der Waals surface area contributed by atoms with Crippen LogP contribution < -0.4 is 15.8 Å². The second-order valence-corrected chi connectivity index (χ2v) is 12.6. The Kier molecular flexibility index (Phi) is 9.17. The molecule has 4 heterocycles. The SMILES string of the molecule is CCC(=O)N1CCC[C@H](n2c(=O)c(-c3ccccc3Cl)c(C)c3cnc(Nc4ccc(N5CCN(C)CC5)c(C(F)(F)F)c4)nc32)C1. The number of carbonyl (C=O) groups is 1. The highest BCUT2D eigenvalue weighted by atomic mass is 35.5. The number of piperazine rings is 1. The molecule has 2 aromatic heterocycles. The summed E-state index contributed by atoms with van der Waals surface area (Å²) in [7, 11) is 1.95. The molecule has 2 fully saturated rings. The second kappa shape index (κ2) is 13.2. The maximum atomic E-state index is 14.4. The van der Waals surface area contributed by atoms with Gasteiger partial charge in [-0.2, -0.15) is 18.2 Å². The number of piperidine rings is 1. The molecule has 6 rings (SSSR count). The van der Waals surface area contributed by atoms with Crippen LogP contribution in [0.25, 0.3) is 22.2 Å². The van der Waals surface area contributed by atoms with Crippen LogP contribution in [0.1, 0.15) is 43.4 Å². The third-order valence-electron chi connectivity index (χ3n) is 9.17. The van der Waals surface area contributed by atoms with E-state index in [1.54, 1.807) is 44.8 Å². The minimum Gasteiger partial charge on any atom is -0.368 e. The number of rotatable bonds is 6. The first-order valence-electron chi connectivity index (χ1n) is 15.8. The summed E-state index contributed by atoms with van der Waals surface area (Å²) in [5, 5.41) is 3.98. The highest BCUT2D eigenvalue weighted by Crippen LogP contribution is 2.39. The largest absolute Gasteiger partial charge is 0.418 e. The Morgan fingerprint density at radius 2 is 1.83 bits per heavy atom. The van der Waals surface area contributed by atoms with E-state index in [9.17, 15) is 22.8 Å². The van der Waals surface area contributed by atoms with Gasteiger partial charge in [-0.1, -0.05) is 36.7 Å². The lowest BCUT2D eigenvalue weighted by Crippen LogP contribution is -2.45. The first kappa shape index (κ1) is 32.8. The third kappa shape index (κ3) is 6.53. The lowest BCUT2D eigenvalue weighted by Gasteiger charge is -2.35.